The summed E-state index contributed by atoms with van der Waals surface area (Å²) in [6.45, 7) is 0. The van der Waals surface area contributed by atoms with Gasteiger partial charge < -0.3 is 0 Å². The minimum Gasteiger partial charge on any atom is -0.294 e. The zero-order valence-electron chi connectivity index (χ0n) is 7.53. The molecule has 68 valence electrons. The van der Waals surface area contributed by atoms with E-state index in [-0.39, 0.29) is 5.78 Å². The number of ketones is 1. The molecule has 1 aromatic heterocycles. The summed E-state index contributed by atoms with van der Waals surface area (Å²) in [6, 6.07) is 3.70. The second-order valence-corrected chi connectivity index (χ2v) is 3.15. The van der Waals surface area contributed by atoms with E-state index in [2.05, 4.69) is 4.98 Å². The number of rotatable bonds is 1. The van der Waals surface area contributed by atoms with E-state index in [9.17, 15) is 4.79 Å². The van der Waals surface area contributed by atoms with E-state index < -0.39 is 0 Å². The van der Waals surface area contributed by atoms with Crippen molar-refractivity contribution in [2.24, 2.45) is 0 Å². The van der Waals surface area contributed by atoms with Crippen LogP contribution >= 0.6 is 0 Å². The van der Waals surface area contributed by atoms with Gasteiger partial charge >= 0.3 is 0 Å². The van der Waals surface area contributed by atoms with Crippen LogP contribution in [0.2, 0.25) is 0 Å². The summed E-state index contributed by atoms with van der Waals surface area (Å²) >= 11 is 0. The molecule has 0 spiro atoms. The van der Waals surface area contributed by atoms with E-state index in [1.54, 1.807) is 12.3 Å². The van der Waals surface area contributed by atoms with Crippen LogP contribution in [0.15, 0.2) is 24.5 Å². The average Bonchev–Trinajstić information content (AvgIpc) is 2.65. The van der Waals surface area contributed by atoms with Gasteiger partial charge in [0, 0.05) is 30.0 Å². The fraction of sp³-hybridized carbons (Fsp3) is 0.182. The summed E-state index contributed by atoms with van der Waals surface area (Å²) in [5, 5.41) is 8.68. The zero-order chi connectivity index (χ0) is 9.97. The number of carbonyl (C=O) groups excluding carboxylic acids is 1. The van der Waals surface area contributed by atoms with Gasteiger partial charge in [-0.2, -0.15) is 5.26 Å². The number of pyridine rings is 1. The molecule has 3 nitrogen and oxygen atoms in total. The second kappa shape index (κ2) is 3.43. The van der Waals surface area contributed by atoms with Gasteiger partial charge in [0.1, 0.15) is 6.07 Å². The van der Waals surface area contributed by atoms with Crippen LogP contribution in [0.1, 0.15) is 24.0 Å². The molecule has 0 radical (unpaired) electrons. The smallest absolute Gasteiger partial charge is 0.163 e. The summed E-state index contributed by atoms with van der Waals surface area (Å²) in [7, 11) is 0. The average molecular weight is 184 g/mol. The van der Waals surface area contributed by atoms with Gasteiger partial charge in [-0.25, -0.2) is 0 Å². The summed E-state index contributed by atoms with van der Waals surface area (Å²) < 4.78 is 0. The Balaban J connectivity index is 2.42. The first-order chi connectivity index (χ1) is 6.81. The molecule has 0 aromatic carbocycles. The minimum atomic E-state index is 0.141. The number of nitriles is 1. The molecule has 0 saturated carbocycles. The van der Waals surface area contributed by atoms with Crippen LogP contribution in [0.25, 0.3) is 5.57 Å². The molecule has 0 fully saturated rings. The number of aromatic nitrogens is 1. The Hall–Kier alpha value is -1.95. The van der Waals surface area contributed by atoms with Crippen molar-refractivity contribution in [1.82, 2.24) is 4.98 Å². The first-order valence-electron chi connectivity index (χ1n) is 4.40. The molecular formula is C11H8N2O. The van der Waals surface area contributed by atoms with Crippen LogP contribution in [0, 0.1) is 11.3 Å². The maximum atomic E-state index is 11.4. The van der Waals surface area contributed by atoms with E-state index in [1.807, 2.05) is 12.1 Å². The Morgan fingerprint density at radius 3 is 2.93 bits per heavy atom. The van der Waals surface area contributed by atoms with Crippen molar-refractivity contribution in [1.29, 1.82) is 5.26 Å². The van der Waals surface area contributed by atoms with Crippen molar-refractivity contribution in [3.8, 4) is 6.07 Å². The highest BCUT2D eigenvalue weighted by Gasteiger charge is 2.16. The van der Waals surface area contributed by atoms with E-state index in [1.165, 1.54) is 6.20 Å². The maximum absolute atomic E-state index is 11.4. The third kappa shape index (κ3) is 1.42. The summed E-state index contributed by atoms with van der Waals surface area (Å²) in [5.41, 5.74) is 1.95. The third-order valence-corrected chi connectivity index (χ3v) is 2.20. The summed E-state index contributed by atoms with van der Waals surface area (Å²) in [4.78, 5) is 15.3. The van der Waals surface area contributed by atoms with Crippen LogP contribution in [-0.4, -0.2) is 10.8 Å². The van der Waals surface area contributed by atoms with E-state index in [0.717, 1.165) is 12.0 Å². The van der Waals surface area contributed by atoms with Gasteiger partial charge in [0.25, 0.3) is 0 Å². The Labute approximate surface area is 81.7 Å². The molecule has 1 aliphatic rings. The molecule has 0 unspecified atom stereocenters. The van der Waals surface area contributed by atoms with Crippen molar-refractivity contribution in [2.45, 2.75) is 12.8 Å². The van der Waals surface area contributed by atoms with Crippen LogP contribution in [-0.2, 0) is 4.79 Å². The van der Waals surface area contributed by atoms with E-state index in [4.69, 9.17) is 5.26 Å². The van der Waals surface area contributed by atoms with Crippen LogP contribution in [0.3, 0.4) is 0 Å². The quantitative estimate of drug-likeness (QED) is 0.667. The van der Waals surface area contributed by atoms with Crippen molar-refractivity contribution >= 4 is 11.4 Å². The van der Waals surface area contributed by atoms with Gasteiger partial charge in [-0.15, -0.1) is 0 Å². The number of carbonyl (C=O) groups is 1. The molecule has 1 aliphatic carbocycles. The normalized spacial score (nSPS) is 15.1. The second-order valence-electron chi connectivity index (χ2n) is 3.15. The Kier molecular flexibility index (Phi) is 2.11. The monoisotopic (exact) mass is 184 g/mol. The van der Waals surface area contributed by atoms with Gasteiger partial charge in [-0.05, 0) is 12.5 Å². The molecule has 14 heavy (non-hydrogen) atoms. The van der Waals surface area contributed by atoms with E-state index in [0.29, 0.717) is 17.6 Å². The SMILES string of the molecule is N#Cc1cncc(C2=CCCC2=O)c1. The molecule has 0 aliphatic heterocycles. The number of allylic oxidation sites excluding steroid dienone is 2. The van der Waals surface area contributed by atoms with Gasteiger partial charge in [-0.1, -0.05) is 6.08 Å². The molecule has 1 aromatic rings. The molecule has 3 heteroatoms. The van der Waals surface area contributed by atoms with Crippen LogP contribution < -0.4 is 0 Å². The lowest BCUT2D eigenvalue weighted by molar-refractivity contribution is -0.113. The fourth-order valence-electron chi connectivity index (χ4n) is 1.52. The molecule has 0 amide bonds. The highest BCUT2D eigenvalue weighted by atomic mass is 16.1. The van der Waals surface area contributed by atoms with Crippen molar-refractivity contribution in [3.05, 3.63) is 35.7 Å². The zero-order valence-corrected chi connectivity index (χ0v) is 7.53. The maximum Gasteiger partial charge on any atom is 0.163 e. The minimum absolute atomic E-state index is 0.141. The van der Waals surface area contributed by atoms with Crippen LogP contribution in [0.4, 0.5) is 0 Å². The van der Waals surface area contributed by atoms with Gasteiger partial charge in [0.05, 0.1) is 5.56 Å². The van der Waals surface area contributed by atoms with Crippen molar-refractivity contribution < 1.29 is 4.79 Å². The molecular weight excluding hydrogens is 176 g/mol. The highest BCUT2D eigenvalue weighted by Crippen LogP contribution is 2.24. The molecule has 1 heterocycles. The summed E-state index contributed by atoms with van der Waals surface area (Å²) in [6.07, 6.45) is 6.39. The Bertz CT molecular complexity index is 455. The highest BCUT2D eigenvalue weighted by molar-refractivity contribution is 6.22. The molecule has 0 bridgehead atoms. The first-order valence-corrected chi connectivity index (χ1v) is 4.40. The molecule has 0 saturated heterocycles. The van der Waals surface area contributed by atoms with E-state index >= 15 is 0 Å². The Morgan fingerprint density at radius 1 is 1.43 bits per heavy atom. The topological polar surface area (TPSA) is 53.8 Å². The predicted molar refractivity (Wildman–Crippen MR) is 51.2 cm³/mol. The number of nitrogens with zero attached hydrogens (tertiary/aromatic N) is 2. The van der Waals surface area contributed by atoms with Crippen LogP contribution in [0.5, 0.6) is 0 Å². The molecule has 0 N–H and O–H groups in total. The molecule has 0 atom stereocenters. The lowest BCUT2D eigenvalue weighted by Gasteiger charge is -1.99. The van der Waals surface area contributed by atoms with Gasteiger partial charge in [0.15, 0.2) is 5.78 Å². The Morgan fingerprint density at radius 2 is 2.29 bits per heavy atom. The third-order valence-electron chi connectivity index (χ3n) is 2.20. The fourth-order valence-corrected chi connectivity index (χ4v) is 1.52. The number of hydrogen-bond acceptors (Lipinski definition) is 3. The number of hydrogen-bond donors (Lipinski definition) is 0. The summed E-state index contributed by atoms with van der Waals surface area (Å²) in [5.74, 6) is 0.141. The van der Waals surface area contributed by atoms with Crippen molar-refractivity contribution in [3.63, 3.8) is 0 Å². The number of Topliss-reactive ketones (excluding diaryl/α,β-unsaturated/α-hetero) is 1. The van der Waals surface area contributed by atoms with Gasteiger partial charge in [-0.3, -0.25) is 9.78 Å². The molecule has 2 rings (SSSR count). The largest absolute Gasteiger partial charge is 0.294 e. The lowest BCUT2D eigenvalue weighted by Crippen LogP contribution is -1.96. The van der Waals surface area contributed by atoms with Gasteiger partial charge in [0.2, 0.25) is 0 Å². The standard InChI is InChI=1S/C11H8N2O/c12-5-8-4-9(7-13-6-8)10-2-1-3-11(10)14/h2,4,6-7H,1,3H2. The lowest BCUT2D eigenvalue weighted by atomic mass is 10.1. The predicted octanol–water partition coefficient (Wildman–Crippen LogP) is 1.70. The first kappa shape index (κ1) is 8.64. The van der Waals surface area contributed by atoms with Crippen molar-refractivity contribution in [2.75, 3.05) is 0 Å².